The molecule has 0 fully saturated rings. The van der Waals surface area contributed by atoms with E-state index >= 15 is 0 Å². The van der Waals surface area contributed by atoms with Gasteiger partial charge in [-0.3, -0.25) is 4.98 Å². The van der Waals surface area contributed by atoms with Crippen LogP contribution in [0.25, 0.3) is 11.5 Å². The summed E-state index contributed by atoms with van der Waals surface area (Å²) in [6, 6.07) is 4.03. The van der Waals surface area contributed by atoms with E-state index in [4.69, 9.17) is 0 Å². The van der Waals surface area contributed by atoms with Crippen LogP contribution in [0.15, 0.2) is 22.8 Å². The Kier molecular flexibility index (Phi) is 5.06. The van der Waals surface area contributed by atoms with Gasteiger partial charge in [0.25, 0.3) is 0 Å². The molecule has 0 aliphatic rings. The van der Waals surface area contributed by atoms with Crippen molar-refractivity contribution in [3.8, 4) is 11.5 Å². The van der Waals surface area contributed by atoms with Crippen molar-refractivity contribution in [1.29, 1.82) is 0 Å². The second-order valence-corrected chi connectivity index (χ2v) is 5.20. The number of rotatable bonds is 5. The second-order valence-electron chi connectivity index (χ2n) is 4.41. The molecule has 2 rings (SSSR count). The highest BCUT2D eigenvalue weighted by molar-refractivity contribution is 9.10. The lowest BCUT2D eigenvalue weighted by Crippen LogP contribution is -2.07. The molecule has 0 bridgehead atoms. The van der Waals surface area contributed by atoms with Gasteiger partial charge in [-0.2, -0.15) is 0 Å². The Bertz CT molecular complexity index is 598. The number of pyridine rings is 1. The summed E-state index contributed by atoms with van der Waals surface area (Å²) in [5, 5.41) is 3.27. The first kappa shape index (κ1) is 14.9. The van der Waals surface area contributed by atoms with E-state index in [9.17, 15) is 0 Å². The van der Waals surface area contributed by atoms with Crippen LogP contribution in [-0.2, 0) is 12.8 Å². The van der Waals surface area contributed by atoms with Crippen molar-refractivity contribution in [3.05, 3.63) is 34.1 Å². The Hall–Kier alpha value is -1.49. The molecule has 106 valence electrons. The highest BCUT2D eigenvalue weighted by Gasteiger charge is 2.14. The molecule has 4 nitrogen and oxygen atoms in total. The molecule has 0 unspecified atom stereocenters. The number of anilines is 1. The fourth-order valence-corrected chi connectivity index (χ4v) is 2.64. The molecule has 0 aliphatic heterocycles. The lowest BCUT2D eigenvalue weighted by atomic mass is 10.1. The monoisotopic (exact) mass is 334 g/mol. The topological polar surface area (TPSA) is 50.7 Å². The van der Waals surface area contributed by atoms with Gasteiger partial charge < -0.3 is 5.32 Å². The highest BCUT2D eigenvalue weighted by Crippen LogP contribution is 2.28. The first-order valence-electron chi connectivity index (χ1n) is 6.95. The van der Waals surface area contributed by atoms with Crippen LogP contribution in [-0.4, -0.2) is 21.5 Å². The summed E-state index contributed by atoms with van der Waals surface area (Å²) in [7, 11) is 0. The molecular formula is C15H19BrN4. The van der Waals surface area contributed by atoms with E-state index in [1.165, 1.54) is 5.56 Å². The largest absolute Gasteiger partial charge is 0.369 e. The van der Waals surface area contributed by atoms with Gasteiger partial charge in [-0.15, -0.1) is 0 Å². The Morgan fingerprint density at radius 1 is 1.15 bits per heavy atom. The molecule has 0 saturated heterocycles. The smallest absolute Gasteiger partial charge is 0.180 e. The third-order valence-electron chi connectivity index (χ3n) is 3.08. The summed E-state index contributed by atoms with van der Waals surface area (Å²) >= 11 is 3.58. The average molecular weight is 335 g/mol. The molecule has 0 spiro atoms. The lowest BCUT2D eigenvalue weighted by Gasteiger charge is -2.12. The molecule has 2 aromatic heterocycles. The van der Waals surface area contributed by atoms with Gasteiger partial charge >= 0.3 is 0 Å². The van der Waals surface area contributed by atoms with Gasteiger partial charge in [0.15, 0.2) is 5.82 Å². The molecule has 0 saturated carbocycles. The van der Waals surface area contributed by atoms with E-state index in [2.05, 4.69) is 63.0 Å². The molecule has 2 heterocycles. The molecule has 0 aromatic carbocycles. The van der Waals surface area contributed by atoms with Gasteiger partial charge in [-0.1, -0.05) is 19.9 Å². The summed E-state index contributed by atoms with van der Waals surface area (Å²) in [4.78, 5) is 13.7. The van der Waals surface area contributed by atoms with E-state index in [0.717, 1.165) is 41.1 Å². The minimum absolute atomic E-state index is 0.693. The quantitative estimate of drug-likeness (QED) is 0.901. The maximum atomic E-state index is 4.65. The summed E-state index contributed by atoms with van der Waals surface area (Å²) < 4.78 is 0.944. The van der Waals surface area contributed by atoms with Crippen molar-refractivity contribution in [3.63, 3.8) is 0 Å². The molecule has 0 radical (unpaired) electrons. The van der Waals surface area contributed by atoms with Crippen LogP contribution in [0, 0.1) is 0 Å². The third-order valence-corrected chi connectivity index (χ3v) is 3.92. The minimum atomic E-state index is 0.693. The summed E-state index contributed by atoms with van der Waals surface area (Å²) in [5.74, 6) is 1.53. The van der Waals surface area contributed by atoms with Crippen LogP contribution >= 0.6 is 15.9 Å². The van der Waals surface area contributed by atoms with Crippen molar-refractivity contribution in [2.24, 2.45) is 0 Å². The fraction of sp³-hybridized carbons (Fsp3) is 0.400. The third kappa shape index (κ3) is 2.98. The Morgan fingerprint density at radius 2 is 1.95 bits per heavy atom. The molecule has 0 atom stereocenters. The fourth-order valence-electron chi connectivity index (χ4n) is 2.04. The Balaban J connectivity index is 2.59. The van der Waals surface area contributed by atoms with Crippen LogP contribution in [0.2, 0.25) is 0 Å². The van der Waals surface area contributed by atoms with Crippen molar-refractivity contribution >= 4 is 21.7 Å². The van der Waals surface area contributed by atoms with Crippen molar-refractivity contribution in [2.45, 2.75) is 33.6 Å². The van der Waals surface area contributed by atoms with E-state index in [1.807, 2.05) is 6.07 Å². The van der Waals surface area contributed by atoms with Gasteiger partial charge in [-0.05, 0) is 47.3 Å². The molecule has 0 aliphatic carbocycles. The summed E-state index contributed by atoms with van der Waals surface area (Å²) in [5.41, 5.74) is 3.04. The lowest BCUT2D eigenvalue weighted by molar-refractivity contribution is 0.970. The first-order chi connectivity index (χ1) is 9.71. The Morgan fingerprint density at radius 3 is 2.60 bits per heavy atom. The second kappa shape index (κ2) is 6.79. The Labute approximate surface area is 128 Å². The van der Waals surface area contributed by atoms with E-state index < -0.39 is 0 Å². The van der Waals surface area contributed by atoms with Crippen molar-refractivity contribution < 1.29 is 0 Å². The number of aromatic nitrogens is 3. The van der Waals surface area contributed by atoms with Gasteiger partial charge in [0, 0.05) is 12.7 Å². The van der Waals surface area contributed by atoms with Gasteiger partial charge in [0.1, 0.15) is 11.5 Å². The normalized spacial score (nSPS) is 10.6. The minimum Gasteiger partial charge on any atom is -0.369 e. The maximum absolute atomic E-state index is 4.65. The van der Waals surface area contributed by atoms with Gasteiger partial charge in [-0.25, -0.2) is 9.97 Å². The molecular weight excluding hydrogens is 316 g/mol. The van der Waals surface area contributed by atoms with Crippen molar-refractivity contribution in [1.82, 2.24) is 15.0 Å². The van der Waals surface area contributed by atoms with Crippen LogP contribution in [0.5, 0.6) is 0 Å². The van der Waals surface area contributed by atoms with Crippen molar-refractivity contribution in [2.75, 3.05) is 11.9 Å². The average Bonchev–Trinajstić information content (AvgIpc) is 2.49. The highest BCUT2D eigenvalue weighted by atomic mass is 79.9. The summed E-state index contributed by atoms with van der Waals surface area (Å²) in [6.07, 6.45) is 3.56. The zero-order valence-corrected chi connectivity index (χ0v) is 13.7. The summed E-state index contributed by atoms with van der Waals surface area (Å²) in [6.45, 7) is 7.08. The standard InChI is InChI=1S/C15H19BrN4/c1-4-10-8-7-9-18-13(10)15-19-11(5-2)12(16)14(20-15)17-6-3/h7-9H,4-6H2,1-3H3,(H,17,19,20). The predicted molar refractivity (Wildman–Crippen MR) is 85.9 cm³/mol. The number of hydrogen-bond acceptors (Lipinski definition) is 4. The van der Waals surface area contributed by atoms with E-state index in [-0.39, 0.29) is 0 Å². The molecule has 20 heavy (non-hydrogen) atoms. The predicted octanol–water partition coefficient (Wildman–Crippen LogP) is 3.86. The number of nitrogens with zero attached hydrogens (tertiary/aromatic N) is 3. The molecule has 0 amide bonds. The molecule has 1 N–H and O–H groups in total. The van der Waals surface area contributed by atoms with Crippen LogP contribution in [0.1, 0.15) is 32.0 Å². The van der Waals surface area contributed by atoms with Crippen LogP contribution in [0.3, 0.4) is 0 Å². The number of halogens is 1. The van der Waals surface area contributed by atoms with Gasteiger partial charge in [0.05, 0.1) is 10.2 Å². The number of aryl methyl sites for hydroxylation is 2. The van der Waals surface area contributed by atoms with Gasteiger partial charge in [0.2, 0.25) is 0 Å². The van der Waals surface area contributed by atoms with E-state index in [1.54, 1.807) is 6.20 Å². The van der Waals surface area contributed by atoms with E-state index in [0.29, 0.717) is 5.82 Å². The van der Waals surface area contributed by atoms with Crippen LogP contribution in [0.4, 0.5) is 5.82 Å². The first-order valence-corrected chi connectivity index (χ1v) is 7.75. The number of hydrogen-bond donors (Lipinski definition) is 1. The number of nitrogens with one attached hydrogen (secondary N) is 1. The maximum Gasteiger partial charge on any atom is 0.180 e. The molecule has 2 aromatic rings. The zero-order valence-electron chi connectivity index (χ0n) is 12.1. The SMILES string of the molecule is CCNc1nc(-c2ncccc2CC)nc(CC)c1Br. The zero-order chi connectivity index (χ0) is 14.5. The van der Waals surface area contributed by atoms with Crippen LogP contribution < -0.4 is 5.32 Å². The molecule has 5 heteroatoms.